The first-order chi connectivity index (χ1) is 14.4. The number of allylic oxidation sites excluding steroid dienone is 3. The van der Waals surface area contributed by atoms with Crippen molar-refractivity contribution in [3.8, 4) is 28.7 Å². The number of rotatable bonds is 5. The van der Waals surface area contributed by atoms with Gasteiger partial charge >= 0.3 is 0 Å². The average Bonchev–Trinajstić information content (AvgIpc) is 2.88. The predicted molar refractivity (Wildman–Crippen MR) is 112 cm³/mol. The number of benzene rings is 2. The molecule has 7 heteroatoms. The van der Waals surface area contributed by atoms with E-state index in [0.29, 0.717) is 45.3 Å². The Morgan fingerprint density at radius 2 is 1.60 bits per heavy atom. The standard InChI is InChI=1S/C23H24O7/c1-12(24)14-9-17-16(11-21(28-3)23(30-5)22(17)29-4)15(10-18(14)25)13-6-7-20(27-2)19(26)8-13/h6-8,10-11,24,26H,9H2,1-5H3/b14-12-. The fraction of sp³-hybridized carbons (Fsp3) is 0.261. The molecule has 1 aliphatic carbocycles. The second-order valence-corrected chi connectivity index (χ2v) is 6.72. The number of fused-ring (bicyclic) bond motifs is 1. The van der Waals surface area contributed by atoms with Crippen molar-refractivity contribution in [2.24, 2.45) is 0 Å². The molecule has 0 fully saturated rings. The van der Waals surface area contributed by atoms with Crippen LogP contribution in [0.15, 0.2) is 41.7 Å². The van der Waals surface area contributed by atoms with Gasteiger partial charge in [0.15, 0.2) is 28.8 Å². The van der Waals surface area contributed by atoms with Crippen LogP contribution in [0, 0.1) is 0 Å². The van der Waals surface area contributed by atoms with Gasteiger partial charge in [-0.2, -0.15) is 0 Å². The number of hydrogen-bond acceptors (Lipinski definition) is 7. The van der Waals surface area contributed by atoms with Crippen LogP contribution < -0.4 is 18.9 Å². The van der Waals surface area contributed by atoms with Gasteiger partial charge < -0.3 is 29.2 Å². The zero-order valence-electron chi connectivity index (χ0n) is 17.5. The SMILES string of the molecule is COc1ccc(C2=CC(=O)/C(=C(/C)O)Cc3c2cc(OC)c(OC)c3OC)cc1O. The van der Waals surface area contributed by atoms with Gasteiger partial charge in [-0.15, -0.1) is 0 Å². The van der Waals surface area contributed by atoms with Crippen LogP contribution in [0.2, 0.25) is 0 Å². The number of aromatic hydroxyl groups is 1. The summed E-state index contributed by atoms with van der Waals surface area (Å²) in [6.45, 7) is 1.47. The molecule has 0 aromatic heterocycles. The monoisotopic (exact) mass is 412 g/mol. The highest BCUT2D eigenvalue weighted by Crippen LogP contribution is 2.47. The second kappa shape index (κ2) is 8.41. The van der Waals surface area contributed by atoms with Gasteiger partial charge in [-0.05, 0) is 47.9 Å². The third-order valence-electron chi connectivity index (χ3n) is 5.08. The second-order valence-electron chi connectivity index (χ2n) is 6.72. The molecule has 7 nitrogen and oxygen atoms in total. The molecule has 0 aliphatic heterocycles. The van der Waals surface area contributed by atoms with Crippen LogP contribution >= 0.6 is 0 Å². The van der Waals surface area contributed by atoms with Gasteiger partial charge in [0.25, 0.3) is 0 Å². The van der Waals surface area contributed by atoms with E-state index >= 15 is 0 Å². The van der Waals surface area contributed by atoms with E-state index in [9.17, 15) is 15.0 Å². The molecule has 0 amide bonds. The summed E-state index contributed by atoms with van der Waals surface area (Å²) in [7, 11) is 5.97. The van der Waals surface area contributed by atoms with Crippen molar-refractivity contribution in [2.75, 3.05) is 28.4 Å². The predicted octanol–water partition coefficient (Wildman–Crippen LogP) is 3.82. The number of carbonyl (C=O) groups is 1. The van der Waals surface area contributed by atoms with Gasteiger partial charge in [-0.25, -0.2) is 0 Å². The summed E-state index contributed by atoms with van der Waals surface area (Å²) in [5.74, 6) is 1.07. The fourth-order valence-corrected chi connectivity index (χ4v) is 3.59. The minimum absolute atomic E-state index is 0.0595. The lowest BCUT2D eigenvalue weighted by Crippen LogP contribution is -2.06. The molecule has 0 unspecified atom stereocenters. The first kappa shape index (κ1) is 21.1. The number of aliphatic hydroxyl groups is 1. The van der Waals surface area contributed by atoms with Crippen LogP contribution in [0.3, 0.4) is 0 Å². The average molecular weight is 412 g/mol. The molecular formula is C23H24O7. The summed E-state index contributed by atoms with van der Waals surface area (Å²) in [5, 5.41) is 20.4. The molecule has 0 saturated heterocycles. The maximum absolute atomic E-state index is 12.9. The van der Waals surface area contributed by atoms with E-state index in [2.05, 4.69) is 0 Å². The number of carbonyl (C=O) groups excluding carboxylic acids is 1. The number of phenolic OH excluding ortho intramolecular Hbond substituents is 1. The molecule has 30 heavy (non-hydrogen) atoms. The Labute approximate surface area is 174 Å². The number of aliphatic hydroxyl groups excluding tert-OH is 1. The van der Waals surface area contributed by atoms with Crippen molar-refractivity contribution in [1.82, 2.24) is 0 Å². The highest BCUT2D eigenvalue weighted by molar-refractivity contribution is 6.12. The maximum atomic E-state index is 12.9. The van der Waals surface area contributed by atoms with Gasteiger partial charge in [0.1, 0.15) is 0 Å². The minimum Gasteiger partial charge on any atom is -0.512 e. The van der Waals surface area contributed by atoms with Crippen LogP contribution in [-0.4, -0.2) is 44.4 Å². The molecule has 0 bridgehead atoms. The van der Waals surface area contributed by atoms with Crippen LogP contribution in [0.1, 0.15) is 23.6 Å². The van der Waals surface area contributed by atoms with Crippen LogP contribution in [-0.2, 0) is 11.2 Å². The van der Waals surface area contributed by atoms with Crippen LogP contribution in [0.5, 0.6) is 28.7 Å². The van der Waals surface area contributed by atoms with E-state index < -0.39 is 0 Å². The first-order valence-corrected chi connectivity index (χ1v) is 9.20. The largest absolute Gasteiger partial charge is 0.512 e. The molecule has 0 heterocycles. The van der Waals surface area contributed by atoms with Gasteiger partial charge in [-0.1, -0.05) is 6.07 Å². The Morgan fingerprint density at radius 1 is 0.933 bits per heavy atom. The molecule has 0 radical (unpaired) electrons. The highest BCUT2D eigenvalue weighted by Gasteiger charge is 2.29. The zero-order valence-corrected chi connectivity index (χ0v) is 17.5. The zero-order chi connectivity index (χ0) is 22.0. The molecule has 2 N–H and O–H groups in total. The summed E-state index contributed by atoms with van der Waals surface area (Å²) in [4.78, 5) is 12.9. The van der Waals surface area contributed by atoms with Crippen molar-refractivity contribution in [3.05, 3.63) is 58.4 Å². The van der Waals surface area contributed by atoms with Crippen molar-refractivity contribution in [2.45, 2.75) is 13.3 Å². The molecule has 2 aromatic carbocycles. The smallest absolute Gasteiger partial charge is 0.203 e. The lowest BCUT2D eigenvalue weighted by Gasteiger charge is -2.20. The van der Waals surface area contributed by atoms with E-state index in [0.717, 1.165) is 0 Å². The Kier molecular flexibility index (Phi) is 5.91. The quantitative estimate of drug-likeness (QED) is 0.570. The number of methoxy groups -OCH3 is 4. The topological polar surface area (TPSA) is 94.5 Å². The molecular weight excluding hydrogens is 388 g/mol. The molecule has 158 valence electrons. The molecule has 1 aliphatic rings. The molecule has 0 saturated carbocycles. The van der Waals surface area contributed by atoms with E-state index in [1.54, 1.807) is 18.2 Å². The number of phenols is 1. The van der Waals surface area contributed by atoms with Crippen molar-refractivity contribution in [1.29, 1.82) is 0 Å². The third-order valence-corrected chi connectivity index (χ3v) is 5.08. The normalized spacial score (nSPS) is 15.0. The van der Waals surface area contributed by atoms with Crippen LogP contribution in [0.25, 0.3) is 5.57 Å². The maximum Gasteiger partial charge on any atom is 0.203 e. The van der Waals surface area contributed by atoms with E-state index in [1.807, 2.05) is 0 Å². The van der Waals surface area contributed by atoms with Gasteiger partial charge in [0, 0.05) is 17.6 Å². The fourth-order valence-electron chi connectivity index (χ4n) is 3.59. The number of hydrogen-bond donors (Lipinski definition) is 2. The molecule has 0 atom stereocenters. The van der Waals surface area contributed by atoms with E-state index in [1.165, 1.54) is 47.5 Å². The number of ether oxygens (including phenoxy) is 4. The summed E-state index contributed by atoms with van der Waals surface area (Å²) < 4.78 is 21.7. The Hall–Kier alpha value is -3.61. The highest BCUT2D eigenvalue weighted by atomic mass is 16.5. The Morgan fingerprint density at radius 3 is 2.13 bits per heavy atom. The lowest BCUT2D eigenvalue weighted by atomic mass is 9.91. The molecule has 2 aromatic rings. The molecule has 3 rings (SSSR count). The minimum atomic E-state index is -0.337. The number of ketones is 1. The van der Waals surface area contributed by atoms with Gasteiger partial charge in [0.2, 0.25) is 5.75 Å². The summed E-state index contributed by atoms with van der Waals surface area (Å²) >= 11 is 0. The van der Waals surface area contributed by atoms with Gasteiger partial charge in [-0.3, -0.25) is 4.79 Å². The van der Waals surface area contributed by atoms with Crippen LogP contribution in [0.4, 0.5) is 0 Å². The molecule has 0 spiro atoms. The Balaban J connectivity index is 2.39. The summed E-state index contributed by atoms with van der Waals surface area (Å²) in [5.41, 5.74) is 2.71. The Bertz CT molecular complexity index is 1060. The summed E-state index contributed by atoms with van der Waals surface area (Å²) in [6, 6.07) is 6.63. The first-order valence-electron chi connectivity index (χ1n) is 9.20. The summed E-state index contributed by atoms with van der Waals surface area (Å²) in [6.07, 6.45) is 1.58. The van der Waals surface area contributed by atoms with Gasteiger partial charge in [0.05, 0.1) is 34.2 Å². The van der Waals surface area contributed by atoms with E-state index in [-0.39, 0.29) is 29.3 Å². The van der Waals surface area contributed by atoms with Crippen molar-refractivity contribution in [3.63, 3.8) is 0 Å². The van der Waals surface area contributed by atoms with Crippen molar-refractivity contribution < 1.29 is 34.0 Å². The lowest BCUT2D eigenvalue weighted by molar-refractivity contribution is -0.111. The van der Waals surface area contributed by atoms with Crippen molar-refractivity contribution >= 4 is 11.4 Å². The van der Waals surface area contributed by atoms with E-state index in [4.69, 9.17) is 18.9 Å². The third kappa shape index (κ3) is 3.54.